The van der Waals surface area contributed by atoms with Crippen LogP contribution in [0.2, 0.25) is 0 Å². The standard InChI is InChI=1S/C53H73NO10S2/c1-29(2)30(3)43-44(64-43)51(62)16-8-11-32-21-37-38-23-42(59)50(25-40(58)39(57)24-47(37,50)4)46(61)66-65-27-34-10-7-9-33(26-55)53(34)45(60)54(28-48(53)14-5-6-15-48)35-19-31(20-36(56)22-35)12-17-49(32)41(51)13-18-52(38,49)63/h8,11,19-20,22-23,29-30,32-34,37,39-41,43-44,46,55-58,61-63H,5-7,9-10,12-18,21,24-28H2,1-4H3/t30-,32-,33+,34-,37+,39+,40-,41+,43+,44-,46+,47-,49-,50+,51-,52-,53+/m1/s1. The number of epoxide rings is 1. The lowest BCUT2D eigenvalue weighted by Gasteiger charge is -2.66. The van der Waals surface area contributed by atoms with Crippen molar-refractivity contribution in [3.63, 3.8) is 0 Å². The molecule has 7 aliphatic carbocycles. The summed E-state index contributed by atoms with van der Waals surface area (Å²) < 4.78 is 6.50. The molecule has 8 bridgehead atoms. The monoisotopic (exact) mass is 947 g/mol. The molecule has 0 aromatic heterocycles. The second-order valence-electron chi connectivity index (χ2n) is 23.9. The van der Waals surface area contributed by atoms with E-state index in [2.05, 4.69) is 32.9 Å². The highest BCUT2D eigenvalue weighted by Crippen LogP contribution is 2.76. The molecule has 17 atom stereocenters. The van der Waals surface area contributed by atoms with Crippen molar-refractivity contribution in [1.29, 1.82) is 0 Å². The van der Waals surface area contributed by atoms with Gasteiger partial charge in [-0.25, -0.2) is 0 Å². The van der Waals surface area contributed by atoms with Gasteiger partial charge in [0.15, 0.2) is 5.78 Å². The van der Waals surface area contributed by atoms with E-state index in [4.69, 9.17) is 4.74 Å². The normalized spacial score (nSPS) is 48.6. The van der Waals surface area contributed by atoms with Crippen LogP contribution in [-0.2, 0) is 20.7 Å². The van der Waals surface area contributed by atoms with E-state index in [9.17, 15) is 35.7 Å². The first-order valence-electron chi connectivity index (χ1n) is 25.5. The summed E-state index contributed by atoms with van der Waals surface area (Å²) in [5.41, 5.74) is -6.88. The third-order valence-corrected chi connectivity index (χ3v) is 24.0. The molecule has 0 unspecified atom stereocenters. The number of hydrogen-bond acceptors (Lipinski definition) is 12. The first-order chi connectivity index (χ1) is 31.4. The van der Waals surface area contributed by atoms with Gasteiger partial charge in [-0.2, -0.15) is 0 Å². The van der Waals surface area contributed by atoms with Crippen LogP contribution < -0.4 is 4.90 Å². The van der Waals surface area contributed by atoms with Gasteiger partial charge in [0.2, 0.25) is 5.91 Å². The van der Waals surface area contributed by atoms with Crippen molar-refractivity contribution in [2.24, 2.45) is 68.5 Å². The third-order valence-electron chi connectivity index (χ3n) is 21.4. The number of phenolic OH excluding ortho intramolecular Hbond substituents is 1. The highest BCUT2D eigenvalue weighted by Gasteiger charge is 2.78. The van der Waals surface area contributed by atoms with Crippen molar-refractivity contribution in [2.75, 3.05) is 23.8 Å². The molecule has 5 heterocycles. The van der Waals surface area contributed by atoms with Gasteiger partial charge in [-0.1, -0.05) is 80.7 Å². The molecular formula is C53H73NO10S2. The lowest BCUT2D eigenvalue weighted by atomic mass is 9.39. The number of carbonyl (C=O) groups is 2. The molecule has 11 nitrogen and oxygen atoms in total. The Bertz CT molecular complexity index is 2210. The second kappa shape index (κ2) is 15.8. The van der Waals surface area contributed by atoms with Gasteiger partial charge in [-0.3, -0.25) is 9.59 Å². The number of allylic oxidation sites excluding steroid dienone is 2. The van der Waals surface area contributed by atoms with Crippen molar-refractivity contribution in [3.8, 4) is 5.75 Å². The molecule has 7 fully saturated rings. The predicted molar refractivity (Wildman–Crippen MR) is 254 cm³/mol. The zero-order valence-corrected chi connectivity index (χ0v) is 40.9. The summed E-state index contributed by atoms with van der Waals surface area (Å²) in [5, 5.41) is 86.3. The van der Waals surface area contributed by atoms with Crippen LogP contribution in [0.5, 0.6) is 5.75 Å². The summed E-state index contributed by atoms with van der Waals surface area (Å²) in [7, 11) is 2.71. The molecule has 1 aromatic carbocycles. The number of aromatic hydroxyl groups is 1. The zero-order valence-electron chi connectivity index (χ0n) is 39.2. The van der Waals surface area contributed by atoms with Gasteiger partial charge in [-0.15, -0.1) is 0 Å². The second-order valence-corrected chi connectivity index (χ2v) is 26.4. The number of aliphatic hydroxyl groups is 6. The number of hydrogen-bond donors (Lipinski definition) is 7. The highest BCUT2D eigenvalue weighted by atomic mass is 33.1. The molecule has 1 amide bonds. The average Bonchev–Trinajstić information content (AvgIpc) is 3.78. The van der Waals surface area contributed by atoms with Crippen molar-refractivity contribution >= 4 is 39.0 Å². The topological polar surface area (TPSA) is 192 Å². The Kier molecular flexibility index (Phi) is 11.1. The van der Waals surface area contributed by atoms with Crippen LogP contribution in [0.15, 0.2) is 42.0 Å². The Morgan fingerprint density at radius 2 is 1.70 bits per heavy atom. The van der Waals surface area contributed by atoms with E-state index in [0.717, 1.165) is 50.5 Å². The number of aliphatic hydroxyl groups excluding tert-OH is 4. The summed E-state index contributed by atoms with van der Waals surface area (Å²) >= 11 is 0. The van der Waals surface area contributed by atoms with Gasteiger partial charge in [0.05, 0.1) is 34.7 Å². The molecular weight excluding hydrogens is 875 g/mol. The quantitative estimate of drug-likeness (QED) is 0.0944. The van der Waals surface area contributed by atoms with E-state index in [1.54, 1.807) is 18.2 Å². The number of ether oxygens (including phenoxy) is 1. The van der Waals surface area contributed by atoms with Crippen LogP contribution in [0.1, 0.15) is 123 Å². The summed E-state index contributed by atoms with van der Waals surface area (Å²) in [5.74, 6) is -0.755. The molecule has 13 heteroatoms. The van der Waals surface area contributed by atoms with Gasteiger partial charge in [-0.05, 0) is 147 Å². The van der Waals surface area contributed by atoms with Crippen LogP contribution in [-0.4, -0.2) is 107 Å². The number of amides is 1. The van der Waals surface area contributed by atoms with E-state index in [0.29, 0.717) is 68.0 Å². The molecule has 1 aromatic rings. The first kappa shape index (κ1) is 46.4. The largest absolute Gasteiger partial charge is 0.508 e. The van der Waals surface area contributed by atoms with Gasteiger partial charge in [0, 0.05) is 47.4 Å². The number of ketones is 1. The number of fused-ring (bicyclic) bond motifs is 1. The van der Waals surface area contributed by atoms with Crippen LogP contribution in [0.25, 0.3) is 0 Å². The number of anilines is 1. The van der Waals surface area contributed by atoms with E-state index >= 15 is 9.59 Å². The Morgan fingerprint density at radius 3 is 2.44 bits per heavy atom. The Morgan fingerprint density at radius 1 is 0.939 bits per heavy atom. The Balaban J connectivity index is 1.11. The molecule has 4 spiro atoms. The first-order valence-corrected chi connectivity index (χ1v) is 27.9. The van der Waals surface area contributed by atoms with Crippen LogP contribution in [0, 0.1) is 68.5 Å². The third kappa shape index (κ3) is 5.90. The maximum absolute atomic E-state index is 15.8. The number of rotatable bonds is 4. The minimum Gasteiger partial charge on any atom is -0.508 e. The van der Waals surface area contributed by atoms with Crippen LogP contribution >= 0.6 is 21.6 Å². The minimum atomic E-state index is -1.57. The smallest absolute Gasteiger partial charge is 0.234 e. The molecule has 5 aliphatic heterocycles. The average molecular weight is 948 g/mol. The molecule has 5 saturated carbocycles. The number of benzene rings is 1. The van der Waals surface area contributed by atoms with Crippen molar-refractivity contribution < 1.29 is 50.1 Å². The molecule has 13 rings (SSSR count). The summed E-state index contributed by atoms with van der Waals surface area (Å²) in [4.78, 5) is 33.2. The van der Waals surface area contributed by atoms with Crippen LogP contribution in [0.3, 0.4) is 0 Å². The lowest BCUT2D eigenvalue weighted by molar-refractivity contribution is -0.206. The number of nitrogens with zero attached hydrogens (tertiary/aromatic N) is 1. The summed E-state index contributed by atoms with van der Waals surface area (Å²) in [6, 6.07) is 5.51. The maximum atomic E-state index is 15.8. The Hall–Kier alpha value is -1.94. The Labute approximate surface area is 398 Å². The van der Waals surface area contributed by atoms with Crippen molar-refractivity contribution in [1.82, 2.24) is 0 Å². The molecule has 66 heavy (non-hydrogen) atoms. The van der Waals surface area contributed by atoms with E-state index < -0.39 is 68.4 Å². The number of aryl methyl sites for hydroxylation is 1. The molecule has 7 N–H and O–H groups in total. The molecule has 362 valence electrons. The molecule has 12 aliphatic rings. The highest BCUT2D eigenvalue weighted by molar-refractivity contribution is 8.76. The SMILES string of the molecule is CC(C)[C@@H](C)[C@@H]1O[C@H]1[C@@]1(O)CC=C[C@@H]2C[C@H]3C4=CC(=O)[C@@]5(C[C@@H](O)[C@@H](O)C[C@]35C)[C@@H](O)SSC[C@H]3CCC[C@@H](CO)[C@@]35C(=O)N(CC53CCCC3)c3cc(O)cc(c3)CC[C@]23[C@@H]1CC[C@@]43O. The van der Waals surface area contributed by atoms with Gasteiger partial charge >= 0.3 is 0 Å². The molecule has 0 radical (unpaired) electrons. The maximum Gasteiger partial charge on any atom is 0.234 e. The fraction of sp³-hybridized carbons (Fsp3) is 0.774. The predicted octanol–water partition coefficient (Wildman–Crippen LogP) is 6.87. The fourth-order valence-electron chi connectivity index (χ4n) is 18.0. The number of phenols is 1. The van der Waals surface area contributed by atoms with Gasteiger partial charge in [0.25, 0.3) is 0 Å². The molecule has 2 saturated heterocycles. The van der Waals surface area contributed by atoms with E-state index in [1.807, 2.05) is 17.9 Å². The van der Waals surface area contributed by atoms with Crippen LogP contribution in [0.4, 0.5) is 5.69 Å². The minimum absolute atomic E-state index is 0.00219. The summed E-state index contributed by atoms with van der Waals surface area (Å²) in [6.07, 6.45) is 11.5. The van der Waals surface area contributed by atoms with E-state index in [1.165, 1.54) is 21.6 Å². The summed E-state index contributed by atoms with van der Waals surface area (Å²) in [6.45, 7) is 8.91. The van der Waals surface area contributed by atoms with E-state index in [-0.39, 0.29) is 72.1 Å². The van der Waals surface area contributed by atoms with Gasteiger partial charge < -0.3 is 45.4 Å². The fourth-order valence-corrected chi connectivity index (χ4v) is 21.1. The zero-order chi connectivity index (χ0) is 46.6. The number of carbonyl (C=O) groups excluding carboxylic acids is 2. The van der Waals surface area contributed by atoms with Crippen molar-refractivity contribution in [3.05, 3.63) is 47.6 Å². The lowest BCUT2D eigenvalue weighted by Crippen LogP contribution is -2.70. The van der Waals surface area contributed by atoms with Gasteiger partial charge in [0.1, 0.15) is 22.9 Å². The van der Waals surface area contributed by atoms with Crippen molar-refractivity contribution in [2.45, 2.75) is 165 Å².